The minimum atomic E-state index is -1.07. The van der Waals surface area contributed by atoms with E-state index in [0.717, 1.165) is 0 Å². The average molecular weight is 281 g/mol. The van der Waals surface area contributed by atoms with Crippen LogP contribution in [-0.2, 0) is 9.59 Å². The maximum atomic E-state index is 12.0. The molecule has 0 atom stereocenters. The zero-order chi connectivity index (χ0) is 11.7. The second-order valence-electron chi connectivity index (χ2n) is 3.71. The molecule has 0 bridgehead atoms. The Bertz CT molecular complexity index is 463. The summed E-state index contributed by atoms with van der Waals surface area (Å²) in [6.07, 6.45) is 0.388. The van der Waals surface area contributed by atoms with Gasteiger partial charge in [-0.2, -0.15) is 0 Å². The Morgan fingerprint density at radius 1 is 1.12 bits per heavy atom. The summed E-state index contributed by atoms with van der Waals surface area (Å²) in [5, 5.41) is 0. The van der Waals surface area contributed by atoms with E-state index >= 15 is 0 Å². The molecule has 0 aromatic heterocycles. The highest BCUT2D eigenvalue weighted by molar-refractivity contribution is 9.10. The molecule has 1 aromatic carbocycles. The number of rotatable bonds is 2. The highest BCUT2D eigenvalue weighted by Crippen LogP contribution is 2.25. The van der Waals surface area contributed by atoms with E-state index in [1.54, 1.807) is 24.3 Å². The quantitative estimate of drug-likeness (QED) is 0.616. The third-order valence-corrected chi connectivity index (χ3v) is 3.35. The third kappa shape index (κ3) is 1.85. The van der Waals surface area contributed by atoms with Crippen molar-refractivity contribution < 1.29 is 14.4 Å². The number of hydrogen-bond donors (Lipinski definition) is 0. The summed E-state index contributed by atoms with van der Waals surface area (Å²) in [7, 11) is 0. The summed E-state index contributed by atoms with van der Waals surface area (Å²) in [5.74, 6) is -1.98. The van der Waals surface area contributed by atoms with E-state index in [-0.39, 0.29) is 30.2 Å². The molecule has 0 N–H and O–H groups in total. The molecule has 1 aromatic rings. The van der Waals surface area contributed by atoms with Gasteiger partial charge in [-0.1, -0.05) is 34.1 Å². The van der Waals surface area contributed by atoms with Crippen LogP contribution in [0.15, 0.2) is 28.7 Å². The van der Waals surface area contributed by atoms with Crippen molar-refractivity contribution in [3.8, 4) is 0 Å². The Labute approximate surface area is 101 Å². The molecule has 0 radical (unpaired) electrons. The predicted molar refractivity (Wildman–Crippen MR) is 61.2 cm³/mol. The average Bonchev–Trinajstić information content (AvgIpc) is 2.58. The molecule has 1 aliphatic rings. The molecule has 0 amide bonds. The minimum absolute atomic E-state index is 0.194. The van der Waals surface area contributed by atoms with Gasteiger partial charge in [-0.3, -0.25) is 14.4 Å². The first-order valence-electron chi connectivity index (χ1n) is 4.95. The van der Waals surface area contributed by atoms with Crippen molar-refractivity contribution in [2.75, 3.05) is 0 Å². The SMILES string of the molecule is O=C1CCC(=O)C1C(=O)c1ccccc1Br. The van der Waals surface area contributed by atoms with Crippen LogP contribution in [0.1, 0.15) is 23.2 Å². The lowest BCUT2D eigenvalue weighted by atomic mass is 9.95. The molecule has 0 heterocycles. The van der Waals surface area contributed by atoms with E-state index < -0.39 is 5.92 Å². The zero-order valence-corrected chi connectivity index (χ0v) is 9.99. The normalized spacial score (nSPS) is 16.8. The van der Waals surface area contributed by atoms with Crippen LogP contribution in [0, 0.1) is 5.92 Å². The monoisotopic (exact) mass is 280 g/mol. The second kappa shape index (κ2) is 4.29. The van der Waals surface area contributed by atoms with Crippen molar-refractivity contribution in [2.24, 2.45) is 5.92 Å². The van der Waals surface area contributed by atoms with Gasteiger partial charge in [0.1, 0.15) is 5.92 Å². The molecule has 0 aliphatic heterocycles. The number of ketones is 3. The second-order valence-corrected chi connectivity index (χ2v) is 4.56. The van der Waals surface area contributed by atoms with Crippen molar-refractivity contribution in [3.05, 3.63) is 34.3 Å². The van der Waals surface area contributed by atoms with Gasteiger partial charge in [0.25, 0.3) is 0 Å². The standard InChI is InChI=1S/C12H9BrO3/c13-8-4-2-1-3-7(8)12(16)11-9(14)5-6-10(11)15/h1-4,11H,5-6H2. The summed E-state index contributed by atoms with van der Waals surface area (Å²) < 4.78 is 0.618. The molecular formula is C12H9BrO3. The maximum absolute atomic E-state index is 12.0. The largest absolute Gasteiger partial charge is 0.298 e. The molecule has 16 heavy (non-hydrogen) atoms. The van der Waals surface area contributed by atoms with Crippen molar-refractivity contribution in [2.45, 2.75) is 12.8 Å². The van der Waals surface area contributed by atoms with Gasteiger partial charge >= 0.3 is 0 Å². The number of Topliss-reactive ketones (excluding diaryl/α,β-unsaturated/α-hetero) is 3. The van der Waals surface area contributed by atoms with E-state index in [4.69, 9.17) is 0 Å². The van der Waals surface area contributed by atoms with Gasteiger partial charge in [-0.25, -0.2) is 0 Å². The fraction of sp³-hybridized carbons (Fsp3) is 0.250. The highest BCUT2D eigenvalue weighted by atomic mass is 79.9. The van der Waals surface area contributed by atoms with Gasteiger partial charge in [0.2, 0.25) is 0 Å². The van der Waals surface area contributed by atoms with Gasteiger partial charge in [-0.05, 0) is 6.07 Å². The van der Waals surface area contributed by atoms with E-state index in [1.807, 2.05) is 0 Å². The Kier molecular flexibility index (Phi) is 3.01. The molecule has 3 nitrogen and oxygen atoms in total. The van der Waals surface area contributed by atoms with Crippen LogP contribution in [0.4, 0.5) is 0 Å². The van der Waals surface area contributed by atoms with Crippen molar-refractivity contribution in [1.82, 2.24) is 0 Å². The van der Waals surface area contributed by atoms with Crippen LogP contribution >= 0.6 is 15.9 Å². The molecule has 2 rings (SSSR count). The number of hydrogen-bond acceptors (Lipinski definition) is 3. The first-order valence-corrected chi connectivity index (χ1v) is 5.74. The minimum Gasteiger partial charge on any atom is -0.298 e. The Morgan fingerprint density at radius 2 is 1.69 bits per heavy atom. The van der Waals surface area contributed by atoms with Gasteiger partial charge in [0.05, 0.1) is 0 Å². The summed E-state index contributed by atoms with van der Waals surface area (Å²) >= 11 is 3.24. The van der Waals surface area contributed by atoms with Gasteiger partial charge in [0.15, 0.2) is 17.3 Å². The summed E-state index contributed by atoms with van der Waals surface area (Å²) in [6, 6.07) is 6.82. The molecule has 1 aliphatic carbocycles. The molecule has 1 fully saturated rings. The first-order chi connectivity index (χ1) is 7.61. The molecule has 82 valence electrons. The summed E-state index contributed by atoms with van der Waals surface area (Å²) in [4.78, 5) is 34.9. The Hall–Kier alpha value is -1.29. The topological polar surface area (TPSA) is 51.2 Å². The van der Waals surface area contributed by atoms with Crippen LogP contribution in [0.25, 0.3) is 0 Å². The zero-order valence-electron chi connectivity index (χ0n) is 8.40. The lowest BCUT2D eigenvalue weighted by Gasteiger charge is -2.07. The predicted octanol–water partition coefficient (Wildman–Crippen LogP) is 2.18. The third-order valence-electron chi connectivity index (χ3n) is 2.66. The summed E-state index contributed by atoms with van der Waals surface area (Å²) in [6.45, 7) is 0. The van der Waals surface area contributed by atoms with E-state index in [0.29, 0.717) is 10.0 Å². The van der Waals surface area contributed by atoms with Crippen molar-refractivity contribution in [3.63, 3.8) is 0 Å². The van der Waals surface area contributed by atoms with Crippen LogP contribution in [0.5, 0.6) is 0 Å². The number of benzene rings is 1. The van der Waals surface area contributed by atoms with Crippen molar-refractivity contribution >= 4 is 33.3 Å². The van der Waals surface area contributed by atoms with Crippen LogP contribution in [-0.4, -0.2) is 17.3 Å². The van der Waals surface area contributed by atoms with E-state index in [2.05, 4.69) is 15.9 Å². The molecule has 1 saturated carbocycles. The summed E-state index contributed by atoms with van der Waals surface area (Å²) in [5.41, 5.74) is 0.399. The van der Waals surface area contributed by atoms with Crippen LogP contribution in [0.3, 0.4) is 0 Å². The number of carbonyl (C=O) groups is 3. The number of carbonyl (C=O) groups excluding carboxylic acids is 3. The fourth-order valence-electron chi connectivity index (χ4n) is 1.82. The van der Waals surface area contributed by atoms with Gasteiger partial charge in [-0.15, -0.1) is 0 Å². The van der Waals surface area contributed by atoms with Crippen LogP contribution in [0.2, 0.25) is 0 Å². The Balaban J connectivity index is 2.36. The molecular weight excluding hydrogens is 272 g/mol. The lowest BCUT2D eigenvalue weighted by Crippen LogP contribution is -2.25. The molecule has 0 spiro atoms. The van der Waals surface area contributed by atoms with Gasteiger partial charge in [0, 0.05) is 22.9 Å². The molecule has 0 unspecified atom stereocenters. The lowest BCUT2D eigenvalue weighted by molar-refractivity contribution is -0.125. The number of halogens is 1. The maximum Gasteiger partial charge on any atom is 0.181 e. The highest BCUT2D eigenvalue weighted by Gasteiger charge is 2.39. The fourth-order valence-corrected chi connectivity index (χ4v) is 2.30. The van der Waals surface area contributed by atoms with Crippen molar-refractivity contribution in [1.29, 1.82) is 0 Å². The molecule has 4 heteroatoms. The van der Waals surface area contributed by atoms with Gasteiger partial charge < -0.3 is 0 Å². The van der Waals surface area contributed by atoms with E-state index in [1.165, 1.54) is 0 Å². The van der Waals surface area contributed by atoms with E-state index in [9.17, 15) is 14.4 Å². The molecule has 0 saturated heterocycles. The smallest absolute Gasteiger partial charge is 0.181 e. The first kappa shape index (κ1) is 11.2. The Morgan fingerprint density at radius 3 is 2.25 bits per heavy atom. The van der Waals surface area contributed by atoms with Crippen LogP contribution < -0.4 is 0 Å².